The van der Waals surface area contributed by atoms with Gasteiger partial charge in [-0.2, -0.15) is 0 Å². The van der Waals surface area contributed by atoms with E-state index in [1.54, 1.807) is 0 Å². The van der Waals surface area contributed by atoms with E-state index in [1.807, 2.05) is 19.9 Å². The maximum atomic E-state index is 12.0. The summed E-state index contributed by atoms with van der Waals surface area (Å²) in [5.74, 6) is -0.475. The van der Waals surface area contributed by atoms with Crippen LogP contribution < -0.4 is 0 Å². The first-order valence-electron chi connectivity index (χ1n) is 8.03. The molecule has 0 amide bonds. The third kappa shape index (κ3) is 4.56. The smallest absolute Gasteiger partial charge is 0.312 e. The molecule has 0 bridgehead atoms. The van der Waals surface area contributed by atoms with Crippen molar-refractivity contribution in [3.05, 3.63) is 76.9 Å². The number of ether oxygens (including phenoxy) is 1. The standard InChI is InChI=1S/C21H24O2/c1-5-23-21(22)17(4)14-20(18-10-6-15(2)7-11-18)19-12-8-16(3)9-13-19/h6-14,17H,5H2,1-4H3. The summed E-state index contributed by atoms with van der Waals surface area (Å²) in [5.41, 5.74) is 5.71. The number of carbonyl (C=O) groups excluding carboxylic acids is 1. The molecule has 0 saturated carbocycles. The fourth-order valence-corrected chi connectivity index (χ4v) is 2.42. The van der Waals surface area contributed by atoms with Gasteiger partial charge in [0.2, 0.25) is 0 Å². The van der Waals surface area contributed by atoms with E-state index in [0.717, 1.165) is 16.7 Å². The maximum Gasteiger partial charge on any atom is 0.312 e. The number of rotatable bonds is 5. The van der Waals surface area contributed by atoms with Crippen molar-refractivity contribution in [2.45, 2.75) is 27.7 Å². The van der Waals surface area contributed by atoms with Gasteiger partial charge < -0.3 is 4.74 Å². The summed E-state index contributed by atoms with van der Waals surface area (Å²) in [4.78, 5) is 12.0. The zero-order valence-electron chi connectivity index (χ0n) is 14.3. The summed E-state index contributed by atoms with van der Waals surface area (Å²) in [5, 5.41) is 0. The molecule has 23 heavy (non-hydrogen) atoms. The molecule has 0 radical (unpaired) electrons. The van der Waals surface area contributed by atoms with Crippen LogP contribution in [-0.4, -0.2) is 12.6 Å². The zero-order chi connectivity index (χ0) is 16.8. The molecule has 2 heteroatoms. The molecular weight excluding hydrogens is 284 g/mol. The molecule has 0 spiro atoms. The first kappa shape index (κ1) is 17.0. The van der Waals surface area contributed by atoms with E-state index in [2.05, 4.69) is 62.4 Å². The molecule has 0 aliphatic rings. The minimum atomic E-state index is -0.285. The summed E-state index contributed by atoms with van der Waals surface area (Å²) in [6.07, 6.45) is 1.99. The van der Waals surface area contributed by atoms with Crippen LogP contribution in [0.25, 0.3) is 5.57 Å². The predicted molar refractivity (Wildman–Crippen MR) is 95.2 cm³/mol. The van der Waals surface area contributed by atoms with Gasteiger partial charge in [-0.15, -0.1) is 0 Å². The van der Waals surface area contributed by atoms with E-state index < -0.39 is 0 Å². The fourth-order valence-electron chi connectivity index (χ4n) is 2.42. The molecule has 0 aliphatic carbocycles. The van der Waals surface area contributed by atoms with Gasteiger partial charge in [-0.3, -0.25) is 4.79 Å². The van der Waals surface area contributed by atoms with Crippen molar-refractivity contribution in [2.75, 3.05) is 6.61 Å². The number of esters is 1. The van der Waals surface area contributed by atoms with E-state index in [1.165, 1.54) is 11.1 Å². The summed E-state index contributed by atoms with van der Waals surface area (Å²) in [6.45, 7) is 8.25. The number of aryl methyl sites for hydroxylation is 2. The highest BCUT2D eigenvalue weighted by Crippen LogP contribution is 2.26. The third-order valence-electron chi connectivity index (χ3n) is 3.80. The normalized spacial score (nSPS) is 11.7. The lowest BCUT2D eigenvalue weighted by atomic mass is 9.93. The molecular formula is C21H24O2. The predicted octanol–water partition coefficient (Wildman–Crippen LogP) is 4.93. The van der Waals surface area contributed by atoms with Gasteiger partial charge >= 0.3 is 5.97 Å². The Kier molecular flexibility index (Phi) is 5.75. The molecule has 0 heterocycles. The van der Waals surface area contributed by atoms with Crippen LogP contribution in [0.15, 0.2) is 54.6 Å². The van der Waals surface area contributed by atoms with Crippen LogP contribution in [0.4, 0.5) is 0 Å². The second-order valence-corrected chi connectivity index (χ2v) is 5.85. The Hall–Kier alpha value is -2.35. The lowest BCUT2D eigenvalue weighted by Crippen LogP contribution is -2.13. The number of benzene rings is 2. The van der Waals surface area contributed by atoms with E-state index in [0.29, 0.717) is 6.61 Å². The van der Waals surface area contributed by atoms with Gasteiger partial charge in [0.1, 0.15) is 0 Å². The molecule has 0 aliphatic heterocycles. The minimum absolute atomic E-state index is 0.191. The lowest BCUT2D eigenvalue weighted by Gasteiger charge is -2.13. The molecule has 0 aromatic heterocycles. The topological polar surface area (TPSA) is 26.3 Å². The van der Waals surface area contributed by atoms with Crippen molar-refractivity contribution < 1.29 is 9.53 Å². The third-order valence-corrected chi connectivity index (χ3v) is 3.80. The Morgan fingerprint density at radius 1 is 0.957 bits per heavy atom. The number of carbonyl (C=O) groups is 1. The molecule has 0 fully saturated rings. The highest BCUT2D eigenvalue weighted by atomic mass is 16.5. The van der Waals surface area contributed by atoms with Crippen LogP contribution in [0.2, 0.25) is 0 Å². The fraction of sp³-hybridized carbons (Fsp3) is 0.286. The Bertz CT molecular complexity index is 631. The summed E-state index contributed by atoms with van der Waals surface area (Å²) in [7, 11) is 0. The summed E-state index contributed by atoms with van der Waals surface area (Å²) >= 11 is 0. The Morgan fingerprint density at radius 2 is 1.39 bits per heavy atom. The maximum absolute atomic E-state index is 12.0. The zero-order valence-corrected chi connectivity index (χ0v) is 14.3. The van der Waals surface area contributed by atoms with E-state index in [4.69, 9.17) is 4.74 Å². The molecule has 0 N–H and O–H groups in total. The first-order chi connectivity index (χ1) is 11.0. The van der Waals surface area contributed by atoms with Crippen LogP contribution in [0, 0.1) is 19.8 Å². The van der Waals surface area contributed by atoms with Gasteiger partial charge in [0.05, 0.1) is 12.5 Å². The van der Waals surface area contributed by atoms with Crippen molar-refractivity contribution in [2.24, 2.45) is 5.92 Å². The van der Waals surface area contributed by atoms with Crippen LogP contribution in [-0.2, 0) is 9.53 Å². The highest BCUT2D eigenvalue weighted by molar-refractivity contribution is 5.84. The van der Waals surface area contributed by atoms with Crippen LogP contribution in [0.1, 0.15) is 36.1 Å². The van der Waals surface area contributed by atoms with Crippen LogP contribution in [0.3, 0.4) is 0 Å². The van der Waals surface area contributed by atoms with E-state index in [-0.39, 0.29) is 11.9 Å². The second kappa shape index (κ2) is 7.77. The van der Waals surface area contributed by atoms with Crippen LogP contribution >= 0.6 is 0 Å². The van der Waals surface area contributed by atoms with Gasteiger partial charge in [0.15, 0.2) is 0 Å². The highest BCUT2D eigenvalue weighted by Gasteiger charge is 2.14. The molecule has 1 atom stereocenters. The van der Waals surface area contributed by atoms with Crippen molar-refractivity contribution in [3.63, 3.8) is 0 Å². The Balaban J connectivity index is 2.44. The van der Waals surface area contributed by atoms with Gasteiger partial charge in [0.25, 0.3) is 0 Å². The molecule has 120 valence electrons. The van der Waals surface area contributed by atoms with E-state index >= 15 is 0 Å². The SMILES string of the molecule is CCOC(=O)C(C)C=C(c1ccc(C)cc1)c1ccc(C)cc1. The van der Waals surface area contributed by atoms with E-state index in [9.17, 15) is 4.79 Å². The Labute approximate surface area is 138 Å². The van der Waals surface area contributed by atoms with Crippen LogP contribution in [0.5, 0.6) is 0 Å². The van der Waals surface area contributed by atoms with Crippen molar-refractivity contribution >= 4 is 11.5 Å². The quantitative estimate of drug-likeness (QED) is 0.732. The molecule has 1 unspecified atom stereocenters. The Morgan fingerprint density at radius 3 is 1.78 bits per heavy atom. The summed E-state index contributed by atoms with van der Waals surface area (Å²) < 4.78 is 5.13. The first-order valence-corrected chi connectivity index (χ1v) is 8.03. The van der Waals surface area contributed by atoms with Crippen molar-refractivity contribution in [1.82, 2.24) is 0 Å². The number of hydrogen-bond donors (Lipinski definition) is 0. The largest absolute Gasteiger partial charge is 0.466 e. The van der Waals surface area contributed by atoms with Gasteiger partial charge in [-0.05, 0) is 44.4 Å². The minimum Gasteiger partial charge on any atom is -0.466 e. The molecule has 2 aromatic rings. The molecule has 0 saturated heterocycles. The summed E-state index contributed by atoms with van der Waals surface area (Å²) in [6, 6.07) is 16.7. The molecule has 2 nitrogen and oxygen atoms in total. The second-order valence-electron chi connectivity index (χ2n) is 5.85. The lowest BCUT2D eigenvalue weighted by molar-refractivity contribution is -0.145. The van der Waals surface area contributed by atoms with Crippen molar-refractivity contribution in [3.8, 4) is 0 Å². The van der Waals surface area contributed by atoms with Gasteiger partial charge in [0, 0.05) is 0 Å². The molecule has 2 rings (SSSR count). The average molecular weight is 308 g/mol. The number of hydrogen-bond acceptors (Lipinski definition) is 2. The molecule has 2 aromatic carbocycles. The average Bonchev–Trinajstić information content (AvgIpc) is 2.54. The van der Waals surface area contributed by atoms with Gasteiger partial charge in [-0.1, -0.05) is 65.7 Å². The monoisotopic (exact) mass is 308 g/mol. The van der Waals surface area contributed by atoms with Crippen molar-refractivity contribution in [1.29, 1.82) is 0 Å². The van der Waals surface area contributed by atoms with Gasteiger partial charge in [-0.25, -0.2) is 0 Å².